The van der Waals surface area contributed by atoms with Gasteiger partial charge in [-0.1, -0.05) is 35.1 Å². The third kappa shape index (κ3) is 2.18. The number of hydrogen-bond acceptors (Lipinski definition) is 4. The lowest BCUT2D eigenvalue weighted by molar-refractivity contribution is 1.04. The summed E-state index contributed by atoms with van der Waals surface area (Å²) < 4.78 is 1.10. The molecule has 1 aromatic carbocycles. The Morgan fingerprint density at radius 2 is 2.00 bits per heavy atom. The van der Waals surface area contributed by atoms with Crippen molar-refractivity contribution in [2.75, 3.05) is 5.73 Å². The average molecular weight is 227 g/mol. The van der Waals surface area contributed by atoms with Crippen LogP contribution in [0.3, 0.4) is 0 Å². The minimum absolute atomic E-state index is 0.526. The van der Waals surface area contributed by atoms with Gasteiger partial charge in [-0.2, -0.15) is 0 Å². The maximum atomic E-state index is 5.61. The van der Waals surface area contributed by atoms with Gasteiger partial charge in [0.25, 0.3) is 0 Å². The van der Waals surface area contributed by atoms with Crippen LogP contribution in [-0.4, -0.2) is 4.20 Å². The van der Waals surface area contributed by atoms with Crippen molar-refractivity contribution in [2.45, 2.75) is 11.7 Å². The van der Waals surface area contributed by atoms with Gasteiger partial charge in [0.15, 0.2) is 0 Å². The fourth-order valence-corrected chi connectivity index (χ4v) is 4.32. The molecular formula is C9H9NS3. The first-order valence-corrected chi connectivity index (χ1v) is 6.59. The number of rotatable bonds is 1. The highest BCUT2D eigenvalue weighted by molar-refractivity contribution is 8.84. The first kappa shape index (κ1) is 9.37. The normalized spacial score (nSPS) is 22.2. The van der Waals surface area contributed by atoms with Crippen molar-refractivity contribution in [1.29, 1.82) is 0 Å². The van der Waals surface area contributed by atoms with Crippen molar-refractivity contribution >= 4 is 43.7 Å². The Balaban J connectivity index is 2.17. The van der Waals surface area contributed by atoms with Crippen LogP contribution in [0.5, 0.6) is 0 Å². The van der Waals surface area contributed by atoms with Crippen molar-refractivity contribution < 1.29 is 0 Å². The minimum atomic E-state index is 0.526. The molecule has 0 aromatic heterocycles. The molecule has 2 N–H and O–H groups in total. The monoisotopic (exact) mass is 227 g/mol. The molecule has 0 saturated carbocycles. The molecule has 1 saturated heterocycles. The second-order valence-corrected chi connectivity index (χ2v) is 6.16. The summed E-state index contributed by atoms with van der Waals surface area (Å²) in [4.78, 5) is 0. The highest BCUT2D eigenvalue weighted by Gasteiger charge is 2.22. The maximum absolute atomic E-state index is 5.61. The Labute approximate surface area is 90.9 Å². The molecule has 1 unspecified atom stereocenters. The third-order valence-electron chi connectivity index (χ3n) is 1.92. The molecule has 1 aliphatic heterocycles. The van der Waals surface area contributed by atoms with Gasteiger partial charge in [-0.25, -0.2) is 0 Å². The molecule has 2 rings (SSSR count). The molecule has 0 radical (unpaired) electrons. The second kappa shape index (κ2) is 3.90. The zero-order chi connectivity index (χ0) is 9.26. The number of nitrogens with two attached hydrogens (primary N) is 1. The van der Waals surface area contributed by atoms with Crippen molar-refractivity contribution in [3.05, 3.63) is 29.8 Å². The predicted molar refractivity (Wildman–Crippen MR) is 66.0 cm³/mol. The van der Waals surface area contributed by atoms with E-state index in [1.165, 1.54) is 5.56 Å². The molecule has 1 atom stereocenters. The van der Waals surface area contributed by atoms with E-state index in [9.17, 15) is 0 Å². The Bertz CT molecular complexity index is 320. The fraction of sp³-hybridized carbons (Fsp3) is 0.222. The molecule has 1 aliphatic rings. The number of thiocarbonyl (C=S) groups is 1. The van der Waals surface area contributed by atoms with E-state index < -0.39 is 0 Å². The summed E-state index contributed by atoms with van der Waals surface area (Å²) in [5.74, 6) is 0. The molecule has 13 heavy (non-hydrogen) atoms. The summed E-state index contributed by atoms with van der Waals surface area (Å²) in [6.07, 6.45) is 1.01. The fourth-order valence-electron chi connectivity index (χ4n) is 1.22. The molecule has 0 aliphatic carbocycles. The van der Waals surface area contributed by atoms with E-state index in [4.69, 9.17) is 18.0 Å². The highest BCUT2D eigenvalue weighted by Crippen LogP contribution is 2.49. The quantitative estimate of drug-likeness (QED) is 0.451. The number of anilines is 1. The predicted octanol–water partition coefficient (Wildman–Crippen LogP) is 3.42. The lowest BCUT2D eigenvalue weighted by atomic mass is 10.1. The molecule has 0 amide bonds. The van der Waals surface area contributed by atoms with Crippen LogP contribution in [0.25, 0.3) is 0 Å². The summed E-state index contributed by atoms with van der Waals surface area (Å²) in [5, 5.41) is 0.526. The Morgan fingerprint density at radius 3 is 2.54 bits per heavy atom. The largest absolute Gasteiger partial charge is 0.399 e. The van der Waals surface area contributed by atoms with Crippen LogP contribution in [-0.2, 0) is 0 Å². The van der Waals surface area contributed by atoms with Gasteiger partial charge in [-0.3, -0.25) is 0 Å². The molecule has 0 spiro atoms. The van der Waals surface area contributed by atoms with Crippen molar-refractivity contribution in [3.63, 3.8) is 0 Å². The van der Waals surface area contributed by atoms with Gasteiger partial charge in [0.1, 0.15) is 0 Å². The summed E-state index contributed by atoms with van der Waals surface area (Å²) in [6, 6.07) is 8.06. The molecular weight excluding hydrogens is 218 g/mol. The lowest BCUT2D eigenvalue weighted by Gasteiger charge is -2.06. The van der Waals surface area contributed by atoms with E-state index >= 15 is 0 Å². The van der Waals surface area contributed by atoms with E-state index in [2.05, 4.69) is 12.1 Å². The van der Waals surface area contributed by atoms with Gasteiger partial charge < -0.3 is 5.73 Å². The number of nitrogen functional groups attached to an aromatic ring is 1. The zero-order valence-electron chi connectivity index (χ0n) is 6.90. The van der Waals surface area contributed by atoms with Gasteiger partial charge >= 0.3 is 0 Å². The molecule has 1 fully saturated rings. The highest BCUT2D eigenvalue weighted by atomic mass is 33.1. The van der Waals surface area contributed by atoms with Crippen LogP contribution < -0.4 is 5.73 Å². The maximum Gasteiger partial charge on any atom is 0.0602 e. The van der Waals surface area contributed by atoms with Gasteiger partial charge in [0, 0.05) is 17.4 Å². The van der Waals surface area contributed by atoms with Crippen molar-refractivity contribution in [1.82, 2.24) is 0 Å². The molecule has 68 valence electrons. The second-order valence-electron chi connectivity index (χ2n) is 2.91. The van der Waals surface area contributed by atoms with Crippen LogP contribution in [0, 0.1) is 0 Å². The zero-order valence-corrected chi connectivity index (χ0v) is 9.35. The van der Waals surface area contributed by atoms with Crippen LogP contribution in [0.4, 0.5) is 5.69 Å². The minimum Gasteiger partial charge on any atom is -0.399 e. The van der Waals surface area contributed by atoms with E-state index in [-0.39, 0.29) is 0 Å². The van der Waals surface area contributed by atoms with Crippen LogP contribution >= 0.6 is 33.8 Å². The Morgan fingerprint density at radius 1 is 1.31 bits per heavy atom. The van der Waals surface area contributed by atoms with Crippen LogP contribution in [0.15, 0.2) is 24.3 Å². The Hall–Kier alpha value is -0.190. The van der Waals surface area contributed by atoms with Crippen molar-refractivity contribution in [3.8, 4) is 0 Å². The topological polar surface area (TPSA) is 26.0 Å². The SMILES string of the molecule is Nc1ccc(C2CC(=S)SS2)cc1. The summed E-state index contributed by atoms with van der Waals surface area (Å²) in [5.41, 5.74) is 7.76. The van der Waals surface area contributed by atoms with E-state index in [0.717, 1.165) is 16.3 Å². The molecule has 1 aromatic rings. The van der Waals surface area contributed by atoms with E-state index in [1.807, 2.05) is 22.9 Å². The third-order valence-corrected chi connectivity index (χ3v) is 5.36. The van der Waals surface area contributed by atoms with Crippen molar-refractivity contribution in [2.24, 2.45) is 0 Å². The van der Waals surface area contributed by atoms with Gasteiger partial charge in [-0.05, 0) is 28.5 Å². The van der Waals surface area contributed by atoms with Crippen LogP contribution in [0.1, 0.15) is 17.2 Å². The lowest BCUT2D eigenvalue weighted by Crippen LogP contribution is -1.91. The smallest absolute Gasteiger partial charge is 0.0602 e. The standard InChI is InChI=1S/C9H9NS3/c10-7-3-1-6(2-4-7)8-5-9(11)13-12-8/h1-4,8H,5,10H2. The van der Waals surface area contributed by atoms with E-state index in [0.29, 0.717) is 5.25 Å². The summed E-state index contributed by atoms with van der Waals surface area (Å²) >= 11 is 5.14. The molecule has 0 bridgehead atoms. The Kier molecular flexibility index (Phi) is 2.81. The summed E-state index contributed by atoms with van der Waals surface area (Å²) in [7, 11) is 3.57. The summed E-state index contributed by atoms with van der Waals surface area (Å²) in [6.45, 7) is 0. The van der Waals surface area contributed by atoms with Gasteiger partial charge in [-0.15, -0.1) is 0 Å². The van der Waals surface area contributed by atoms with E-state index in [1.54, 1.807) is 10.8 Å². The van der Waals surface area contributed by atoms with Gasteiger partial charge in [0.2, 0.25) is 0 Å². The average Bonchev–Trinajstić information content (AvgIpc) is 2.53. The van der Waals surface area contributed by atoms with Gasteiger partial charge in [0.05, 0.1) is 4.20 Å². The first-order valence-electron chi connectivity index (χ1n) is 3.97. The molecule has 1 heterocycles. The van der Waals surface area contributed by atoms with Crippen LogP contribution in [0.2, 0.25) is 0 Å². The molecule has 4 heteroatoms. The number of benzene rings is 1. The first-order chi connectivity index (χ1) is 6.25. The molecule has 1 nitrogen and oxygen atoms in total. The number of hydrogen-bond donors (Lipinski definition) is 1.